The van der Waals surface area contributed by atoms with Gasteiger partial charge in [-0.1, -0.05) is 0 Å². The van der Waals surface area contributed by atoms with Crippen LogP contribution >= 0.6 is 0 Å². The smallest absolute Gasteiger partial charge is 0.176 e. The first kappa shape index (κ1) is 13.8. The number of ether oxygens (including phenoxy) is 1. The lowest BCUT2D eigenvalue weighted by molar-refractivity contribution is 0.0943. The lowest BCUT2D eigenvalue weighted by Gasteiger charge is -2.14. The molecule has 1 aromatic heterocycles. The van der Waals surface area contributed by atoms with Crippen LogP contribution in [0.1, 0.15) is 21.5 Å². The molecule has 0 atom stereocenters. The standard InChI is InChI=1S/C16H19N3O2/c1-18(9-12-8-17-19(2)10-12)11-15(20)13-3-4-16-14(7-13)5-6-21-16/h3-4,7-8,10H,5-6,9,11H2,1-2H3. The summed E-state index contributed by atoms with van der Waals surface area (Å²) in [6.07, 6.45) is 4.68. The Morgan fingerprint density at radius 3 is 3.10 bits per heavy atom. The Balaban J connectivity index is 1.63. The molecule has 21 heavy (non-hydrogen) atoms. The number of aryl methyl sites for hydroxylation is 1. The molecule has 0 saturated carbocycles. The van der Waals surface area contributed by atoms with Gasteiger partial charge in [-0.2, -0.15) is 5.10 Å². The first-order valence-corrected chi connectivity index (χ1v) is 7.07. The maximum atomic E-state index is 12.3. The number of nitrogens with zero attached hydrogens (tertiary/aromatic N) is 3. The van der Waals surface area contributed by atoms with E-state index in [2.05, 4.69) is 5.10 Å². The van der Waals surface area contributed by atoms with Crippen molar-refractivity contribution in [3.63, 3.8) is 0 Å². The van der Waals surface area contributed by atoms with E-state index in [1.807, 2.05) is 49.6 Å². The van der Waals surface area contributed by atoms with Crippen LogP contribution in [0.4, 0.5) is 0 Å². The Labute approximate surface area is 124 Å². The summed E-state index contributed by atoms with van der Waals surface area (Å²) >= 11 is 0. The SMILES string of the molecule is CN(CC(=O)c1ccc2c(c1)CCO2)Cc1cnn(C)c1. The number of rotatable bonds is 5. The highest BCUT2D eigenvalue weighted by molar-refractivity contribution is 5.98. The third-order valence-electron chi connectivity index (χ3n) is 3.64. The van der Waals surface area contributed by atoms with Crippen LogP contribution < -0.4 is 4.74 Å². The van der Waals surface area contributed by atoms with Crippen LogP contribution in [-0.4, -0.2) is 40.7 Å². The molecule has 0 amide bonds. The summed E-state index contributed by atoms with van der Waals surface area (Å²) < 4.78 is 7.23. The minimum absolute atomic E-state index is 0.135. The summed E-state index contributed by atoms with van der Waals surface area (Å²) in [6, 6.07) is 5.71. The molecule has 110 valence electrons. The zero-order valence-electron chi connectivity index (χ0n) is 12.4. The van der Waals surface area contributed by atoms with Crippen molar-refractivity contribution in [3.05, 3.63) is 47.3 Å². The maximum absolute atomic E-state index is 12.3. The van der Waals surface area contributed by atoms with Gasteiger partial charge in [0, 0.05) is 37.3 Å². The largest absolute Gasteiger partial charge is 0.493 e. The summed E-state index contributed by atoms with van der Waals surface area (Å²) in [5.74, 6) is 1.05. The van der Waals surface area contributed by atoms with Gasteiger partial charge in [0.25, 0.3) is 0 Å². The maximum Gasteiger partial charge on any atom is 0.176 e. The van der Waals surface area contributed by atoms with Crippen LogP contribution in [0.15, 0.2) is 30.6 Å². The molecule has 0 spiro atoms. The van der Waals surface area contributed by atoms with Gasteiger partial charge in [0.2, 0.25) is 0 Å². The van der Waals surface area contributed by atoms with Crippen LogP contribution in [0.25, 0.3) is 0 Å². The van der Waals surface area contributed by atoms with Crippen LogP contribution in [-0.2, 0) is 20.0 Å². The van der Waals surface area contributed by atoms with Gasteiger partial charge in [-0.25, -0.2) is 0 Å². The molecule has 2 heterocycles. The number of hydrogen-bond acceptors (Lipinski definition) is 4. The second kappa shape index (κ2) is 5.69. The predicted molar refractivity (Wildman–Crippen MR) is 79.5 cm³/mol. The summed E-state index contributed by atoms with van der Waals surface area (Å²) in [6.45, 7) is 1.83. The van der Waals surface area contributed by atoms with Crippen molar-refractivity contribution in [3.8, 4) is 5.75 Å². The minimum atomic E-state index is 0.135. The molecule has 1 aliphatic heterocycles. The number of aromatic nitrogens is 2. The van der Waals surface area contributed by atoms with Crippen LogP contribution in [0.2, 0.25) is 0 Å². The first-order valence-electron chi connectivity index (χ1n) is 7.07. The van der Waals surface area contributed by atoms with Gasteiger partial charge in [0.05, 0.1) is 19.3 Å². The van der Waals surface area contributed by atoms with Crippen molar-refractivity contribution in [2.75, 3.05) is 20.2 Å². The summed E-state index contributed by atoms with van der Waals surface area (Å²) in [5.41, 5.74) is 3.00. The predicted octanol–water partition coefficient (Wildman–Crippen LogP) is 1.67. The summed E-state index contributed by atoms with van der Waals surface area (Å²) in [7, 11) is 3.84. The van der Waals surface area contributed by atoms with E-state index in [1.54, 1.807) is 4.68 Å². The van der Waals surface area contributed by atoms with Gasteiger partial charge in [-0.3, -0.25) is 14.4 Å². The van der Waals surface area contributed by atoms with Crippen molar-refractivity contribution < 1.29 is 9.53 Å². The highest BCUT2D eigenvalue weighted by Crippen LogP contribution is 2.26. The molecule has 1 aliphatic rings. The number of Topliss-reactive ketones (excluding diaryl/α,β-unsaturated/α-hetero) is 1. The van der Waals surface area contributed by atoms with Crippen molar-refractivity contribution >= 4 is 5.78 Å². The fourth-order valence-corrected chi connectivity index (χ4v) is 2.62. The van der Waals surface area contributed by atoms with Gasteiger partial charge in [-0.15, -0.1) is 0 Å². The van der Waals surface area contributed by atoms with E-state index >= 15 is 0 Å². The Kier molecular flexibility index (Phi) is 3.75. The Hall–Kier alpha value is -2.14. The fourth-order valence-electron chi connectivity index (χ4n) is 2.62. The summed E-state index contributed by atoms with van der Waals surface area (Å²) in [5, 5.41) is 4.14. The zero-order chi connectivity index (χ0) is 14.8. The van der Waals surface area contributed by atoms with E-state index in [0.29, 0.717) is 19.7 Å². The van der Waals surface area contributed by atoms with Crippen LogP contribution in [0.3, 0.4) is 0 Å². The molecule has 0 aliphatic carbocycles. The van der Waals surface area contributed by atoms with Crippen molar-refractivity contribution in [1.82, 2.24) is 14.7 Å². The second-order valence-corrected chi connectivity index (χ2v) is 5.54. The van der Waals surface area contributed by atoms with Gasteiger partial charge in [0.15, 0.2) is 5.78 Å². The second-order valence-electron chi connectivity index (χ2n) is 5.54. The minimum Gasteiger partial charge on any atom is -0.493 e. The lowest BCUT2D eigenvalue weighted by atomic mass is 10.1. The Bertz CT molecular complexity index is 663. The number of carbonyl (C=O) groups is 1. The van der Waals surface area contributed by atoms with E-state index in [4.69, 9.17) is 4.74 Å². The van der Waals surface area contributed by atoms with Gasteiger partial charge < -0.3 is 4.74 Å². The van der Waals surface area contributed by atoms with Crippen molar-refractivity contribution in [2.45, 2.75) is 13.0 Å². The zero-order valence-corrected chi connectivity index (χ0v) is 12.4. The number of hydrogen-bond donors (Lipinski definition) is 0. The number of carbonyl (C=O) groups excluding carboxylic acids is 1. The first-order chi connectivity index (χ1) is 10.1. The van der Waals surface area contributed by atoms with Crippen molar-refractivity contribution in [2.24, 2.45) is 7.05 Å². The molecule has 0 unspecified atom stereocenters. The van der Waals surface area contributed by atoms with Crippen molar-refractivity contribution in [1.29, 1.82) is 0 Å². The molecular formula is C16H19N3O2. The van der Waals surface area contributed by atoms with Crippen LogP contribution in [0.5, 0.6) is 5.75 Å². The molecule has 2 aromatic rings. The molecule has 1 aromatic carbocycles. The fraction of sp³-hybridized carbons (Fsp3) is 0.375. The number of fused-ring (bicyclic) bond motifs is 1. The van der Waals surface area contributed by atoms with E-state index < -0.39 is 0 Å². The third-order valence-corrected chi connectivity index (χ3v) is 3.64. The van der Waals surface area contributed by atoms with Gasteiger partial charge >= 0.3 is 0 Å². The number of ketones is 1. The van der Waals surface area contributed by atoms with E-state index in [9.17, 15) is 4.79 Å². The molecule has 5 heteroatoms. The molecule has 0 saturated heterocycles. The highest BCUT2D eigenvalue weighted by Gasteiger charge is 2.16. The number of likely N-dealkylation sites (N-methyl/N-ethyl adjacent to an activating group) is 1. The average Bonchev–Trinajstić information content (AvgIpc) is 3.06. The van der Waals surface area contributed by atoms with E-state index in [-0.39, 0.29) is 5.78 Å². The van der Waals surface area contributed by atoms with Gasteiger partial charge in [0.1, 0.15) is 5.75 Å². The quantitative estimate of drug-likeness (QED) is 0.784. The van der Waals surface area contributed by atoms with E-state index in [0.717, 1.165) is 28.9 Å². The summed E-state index contributed by atoms with van der Waals surface area (Å²) in [4.78, 5) is 14.4. The molecule has 0 radical (unpaired) electrons. The topological polar surface area (TPSA) is 47.4 Å². The average molecular weight is 285 g/mol. The molecule has 3 rings (SSSR count). The normalized spacial score (nSPS) is 13.3. The highest BCUT2D eigenvalue weighted by atomic mass is 16.5. The molecule has 0 N–H and O–H groups in total. The molecule has 0 bridgehead atoms. The number of benzene rings is 1. The molecular weight excluding hydrogens is 266 g/mol. The lowest BCUT2D eigenvalue weighted by Crippen LogP contribution is -2.25. The Morgan fingerprint density at radius 2 is 2.33 bits per heavy atom. The van der Waals surface area contributed by atoms with Crippen LogP contribution in [0, 0.1) is 0 Å². The molecule has 0 fully saturated rings. The van der Waals surface area contributed by atoms with Gasteiger partial charge in [-0.05, 0) is 30.8 Å². The Morgan fingerprint density at radius 1 is 1.48 bits per heavy atom. The molecule has 5 nitrogen and oxygen atoms in total. The third kappa shape index (κ3) is 3.13. The van der Waals surface area contributed by atoms with E-state index in [1.165, 1.54) is 0 Å². The monoisotopic (exact) mass is 285 g/mol.